The molecule has 2 aliphatic rings. The van der Waals surface area contributed by atoms with Gasteiger partial charge in [0.2, 0.25) is 0 Å². The predicted octanol–water partition coefficient (Wildman–Crippen LogP) is 4.35. The second-order valence-electron chi connectivity index (χ2n) is 7.07. The third-order valence-electron chi connectivity index (χ3n) is 5.06. The maximum absolute atomic E-state index is 12.3. The Morgan fingerprint density at radius 2 is 1.87 bits per heavy atom. The van der Waals surface area contributed by atoms with Crippen LogP contribution < -0.4 is 4.90 Å². The molecule has 0 atom stereocenters. The zero-order valence-corrected chi connectivity index (χ0v) is 17.8. The number of piperazine rings is 1. The van der Waals surface area contributed by atoms with E-state index >= 15 is 0 Å². The van der Waals surface area contributed by atoms with Gasteiger partial charge < -0.3 is 9.80 Å². The summed E-state index contributed by atoms with van der Waals surface area (Å²) in [6, 6.07) is 12.3. The number of aliphatic imine (C=N–C) groups is 1. The zero-order chi connectivity index (χ0) is 21.3. The Balaban J connectivity index is 1.41. The van der Waals surface area contributed by atoms with Gasteiger partial charge in [0.15, 0.2) is 5.17 Å². The van der Waals surface area contributed by atoms with Gasteiger partial charge >= 0.3 is 0 Å². The number of nitro groups is 1. The summed E-state index contributed by atoms with van der Waals surface area (Å²) in [6.07, 6.45) is 1.65. The van der Waals surface area contributed by atoms with E-state index in [1.807, 2.05) is 19.1 Å². The number of benzene rings is 2. The quantitative estimate of drug-likeness (QED) is 0.399. The first-order chi connectivity index (χ1) is 14.4. The molecule has 2 aliphatic heterocycles. The van der Waals surface area contributed by atoms with Crippen molar-refractivity contribution in [2.75, 3.05) is 31.1 Å². The molecule has 0 spiro atoms. The zero-order valence-electron chi connectivity index (χ0n) is 16.2. The van der Waals surface area contributed by atoms with E-state index in [1.54, 1.807) is 18.2 Å². The van der Waals surface area contributed by atoms with Gasteiger partial charge in [0.05, 0.1) is 9.83 Å². The fraction of sp³-hybridized carbons (Fsp3) is 0.238. The molecule has 2 heterocycles. The average molecular weight is 443 g/mol. The van der Waals surface area contributed by atoms with Crippen LogP contribution in [-0.2, 0) is 4.79 Å². The highest BCUT2D eigenvalue weighted by Gasteiger charge is 2.28. The second kappa shape index (κ2) is 8.49. The molecule has 1 fully saturated rings. The number of carbonyl (C=O) groups excluding carboxylic acids is 1. The number of anilines is 1. The van der Waals surface area contributed by atoms with Crippen LogP contribution in [0.15, 0.2) is 52.4 Å². The van der Waals surface area contributed by atoms with E-state index in [0.29, 0.717) is 15.6 Å². The van der Waals surface area contributed by atoms with E-state index < -0.39 is 4.92 Å². The van der Waals surface area contributed by atoms with Crippen LogP contribution in [0.4, 0.5) is 11.4 Å². The highest BCUT2D eigenvalue weighted by molar-refractivity contribution is 8.18. The molecule has 0 radical (unpaired) electrons. The van der Waals surface area contributed by atoms with Crippen LogP contribution in [-0.4, -0.2) is 47.1 Å². The summed E-state index contributed by atoms with van der Waals surface area (Å²) >= 11 is 7.56. The van der Waals surface area contributed by atoms with E-state index in [9.17, 15) is 14.9 Å². The number of nitrogens with zero attached hydrogens (tertiary/aromatic N) is 4. The Bertz CT molecular complexity index is 1080. The van der Waals surface area contributed by atoms with Crippen LogP contribution in [0.2, 0.25) is 5.02 Å². The first-order valence-corrected chi connectivity index (χ1v) is 10.6. The molecular formula is C21H19ClN4O3S. The number of non-ortho nitro benzene ring substituents is 1. The van der Waals surface area contributed by atoms with Gasteiger partial charge in [-0.3, -0.25) is 14.9 Å². The van der Waals surface area contributed by atoms with E-state index in [2.05, 4.69) is 20.9 Å². The standard InChI is InChI=1S/C21H19ClN4O3S/c1-14-5-6-16(13-18(14)22)24-7-9-25(10-8-24)21-23-20(27)19(30-21)12-15-3-2-4-17(11-15)26(28)29/h2-6,11-13H,7-10H2,1H3/b19-12-. The van der Waals surface area contributed by atoms with Crippen LogP contribution in [0.25, 0.3) is 6.08 Å². The number of hydrogen-bond donors (Lipinski definition) is 0. The molecule has 0 saturated carbocycles. The van der Waals surface area contributed by atoms with Gasteiger partial charge in [-0.2, -0.15) is 4.99 Å². The van der Waals surface area contributed by atoms with E-state index in [4.69, 9.17) is 11.6 Å². The van der Waals surface area contributed by atoms with Gasteiger partial charge in [0.25, 0.3) is 11.6 Å². The minimum atomic E-state index is -0.450. The Morgan fingerprint density at radius 3 is 2.57 bits per heavy atom. The van der Waals surface area contributed by atoms with Gasteiger partial charge in [-0.25, -0.2) is 0 Å². The molecule has 2 aromatic rings. The highest BCUT2D eigenvalue weighted by Crippen LogP contribution is 2.32. The van der Waals surface area contributed by atoms with Gasteiger partial charge in [0.1, 0.15) is 0 Å². The third-order valence-corrected chi connectivity index (χ3v) is 6.51. The first-order valence-electron chi connectivity index (χ1n) is 9.44. The van der Waals surface area contributed by atoms with Gasteiger partial charge in [-0.15, -0.1) is 0 Å². The van der Waals surface area contributed by atoms with Crippen LogP contribution in [0.3, 0.4) is 0 Å². The topological polar surface area (TPSA) is 79.0 Å². The maximum Gasteiger partial charge on any atom is 0.286 e. The lowest BCUT2D eigenvalue weighted by molar-refractivity contribution is -0.384. The lowest BCUT2D eigenvalue weighted by Crippen LogP contribution is -2.47. The lowest BCUT2D eigenvalue weighted by atomic mass is 10.2. The Kier molecular flexibility index (Phi) is 5.78. The summed E-state index contributed by atoms with van der Waals surface area (Å²) < 4.78 is 0. The van der Waals surface area contributed by atoms with Crippen molar-refractivity contribution in [1.29, 1.82) is 0 Å². The van der Waals surface area contributed by atoms with E-state index in [1.165, 1.54) is 23.9 Å². The van der Waals surface area contributed by atoms with Crippen molar-refractivity contribution in [3.63, 3.8) is 0 Å². The molecule has 1 saturated heterocycles. The monoisotopic (exact) mass is 442 g/mol. The van der Waals surface area contributed by atoms with E-state index in [-0.39, 0.29) is 11.6 Å². The van der Waals surface area contributed by atoms with Crippen LogP contribution >= 0.6 is 23.4 Å². The second-order valence-corrected chi connectivity index (χ2v) is 8.49. The van der Waals surface area contributed by atoms with Crippen LogP contribution in [0.5, 0.6) is 0 Å². The number of rotatable bonds is 3. The van der Waals surface area contributed by atoms with E-state index in [0.717, 1.165) is 42.5 Å². The number of halogens is 1. The summed E-state index contributed by atoms with van der Waals surface area (Å²) in [4.78, 5) is 31.9. The van der Waals surface area contributed by atoms with Crippen molar-refractivity contribution in [2.45, 2.75) is 6.92 Å². The van der Waals surface area contributed by atoms with Crippen molar-refractivity contribution < 1.29 is 9.72 Å². The van der Waals surface area contributed by atoms with Gasteiger partial charge in [-0.05, 0) is 48.0 Å². The van der Waals surface area contributed by atoms with Crippen molar-refractivity contribution in [1.82, 2.24) is 4.90 Å². The molecule has 1 amide bonds. The van der Waals surface area contributed by atoms with Gasteiger partial charge in [-0.1, -0.05) is 29.8 Å². The van der Waals surface area contributed by atoms with Crippen molar-refractivity contribution in [2.24, 2.45) is 4.99 Å². The number of thioether (sulfide) groups is 1. The Hall–Kier alpha value is -2.84. The number of aryl methyl sites for hydroxylation is 1. The summed E-state index contributed by atoms with van der Waals surface area (Å²) in [5, 5.41) is 12.4. The SMILES string of the molecule is Cc1ccc(N2CCN(C3=NC(=O)/C(=C/c4cccc([N+](=O)[O-])c4)S3)CC2)cc1Cl. The molecular weight excluding hydrogens is 424 g/mol. The number of nitro benzene ring substituents is 1. The number of amides is 1. The minimum absolute atomic E-state index is 0.00623. The van der Waals surface area contributed by atoms with Crippen molar-refractivity contribution in [3.05, 3.63) is 73.6 Å². The molecule has 2 aromatic carbocycles. The molecule has 30 heavy (non-hydrogen) atoms. The number of carbonyl (C=O) groups is 1. The predicted molar refractivity (Wildman–Crippen MR) is 121 cm³/mol. The number of hydrogen-bond acceptors (Lipinski definition) is 6. The summed E-state index contributed by atoms with van der Waals surface area (Å²) in [7, 11) is 0. The van der Waals surface area contributed by atoms with Crippen LogP contribution in [0.1, 0.15) is 11.1 Å². The Labute approximate surface area is 183 Å². The minimum Gasteiger partial charge on any atom is -0.368 e. The molecule has 0 aliphatic carbocycles. The molecule has 154 valence electrons. The molecule has 4 rings (SSSR count). The summed E-state index contributed by atoms with van der Waals surface area (Å²) in [5.74, 6) is -0.311. The summed E-state index contributed by atoms with van der Waals surface area (Å²) in [5.41, 5.74) is 2.75. The molecule has 0 bridgehead atoms. The average Bonchev–Trinajstić information content (AvgIpc) is 3.10. The van der Waals surface area contributed by atoms with Crippen molar-refractivity contribution >= 4 is 51.9 Å². The first kappa shape index (κ1) is 20.4. The molecule has 9 heteroatoms. The molecule has 0 unspecified atom stereocenters. The molecule has 0 N–H and O–H groups in total. The van der Waals surface area contributed by atoms with Crippen molar-refractivity contribution in [3.8, 4) is 0 Å². The Morgan fingerprint density at radius 1 is 1.13 bits per heavy atom. The largest absolute Gasteiger partial charge is 0.368 e. The smallest absolute Gasteiger partial charge is 0.286 e. The van der Waals surface area contributed by atoms with Crippen LogP contribution in [0, 0.1) is 17.0 Å². The fourth-order valence-electron chi connectivity index (χ4n) is 3.35. The molecule has 7 nitrogen and oxygen atoms in total. The fourth-order valence-corrected chi connectivity index (χ4v) is 4.49. The summed E-state index contributed by atoms with van der Waals surface area (Å²) in [6.45, 7) is 5.08. The lowest BCUT2D eigenvalue weighted by Gasteiger charge is -2.36. The third kappa shape index (κ3) is 4.34. The maximum atomic E-state index is 12.3. The normalized spacial score (nSPS) is 18.1. The number of amidine groups is 1. The van der Waals surface area contributed by atoms with Gasteiger partial charge in [0, 0.05) is 49.0 Å². The highest BCUT2D eigenvalue weighted by atomic mass is 35.5. The molecule has 0 aromatic heterocycles.